The third-order valence-electron chi connectivity index (χ3n) is 5.36. The van der Waals surface area contributed by atoms with Crippen LogP contribution in [0.1, 0.15) is 24.7 Å². The van der Waals surface area contributed by atoms with E-state index in [0.717, 1.165) is 28.7 Å². The van der Waals surface area contributed by atoms with E-state index in [1.807, 2.05) is 55.5 Å². The lowest BCUT2D eigenvalue weighted by molar-refractivity contribution is 0.662. The second-order valence-corrected chi connectivity index (χ2v) is 7.61. The molecule has 0 fully saturated rings. The SMILES string of the molecule is CCCc1nc2ncc(N)nc2c(=O)n1Cc1ccc(-c2ccccc2-c2nn[nH]n2)cc1. The first-order valence-electron chi connectivity index (χ1n) is 10.6. The van der Waals surface area contributed by atoms with Crippen LogP contribution in [0.15, 0.2) is 59.5 Å². The lowest BCUT2D eigenvalue weighted by atomic mass is 9.98. The first kappa shape index (κ1) is 20.4. The maximum Gasteiger partial charge on any atom is 0.282 e. The maximum absolute atomic E-state index is 13.2. The van der Waals surface area contributed by atoms with Crippen molar-refractivity contribution in [2.75, 3.05) is 5.73 Å². The zero-order valence-corrected chi connectivity index (χ0v) is 17.9. The van der Waals surface area contributed by atoms with E-state index in [0.29, 0.717) is 30.3 Å². The van der Waals surface area contributed by atoms with Gasteiger partial charge in [0.1, 0.15) is 11.6 Å². The number of nitrogen functional groups attached to an aromatic ring is 1. The molecule has 3 heterocycles. The minimum Gasteiger partial charge on any atom is -0.382 e. The largest absolute Gasteiger partial charge is 0.382 e. The van der Waals surface area contributed by atoms with Gasteiger partial charge in [0.25, 0.3) is 5.56 Å². The molecule has 0 saturated carbocycles. The number of benzene rings is 2. The molecular formula is C23H21N9O. The molecule has 0 atom stereocenters. The highest BCUT2D eigenvalue weighted by molar-refractivity contribution is 5.80. The Morgan fingerprint density at radius 1 is 1.03 bits per heavy atom. The summed E-state index contributed by atoms with van der Waals surface area (Å²) < 4.78 is 1.65. The average molecular weight is 439 g/mol. The normalized spacial score (nSPS) is 11.2. The zero-order chi connectivity index (χ0) is 22.8. The Kier molecular flexibility index (Phi) is 5.31. The molecule has 3 N–H and O–H groups in total. The van der Waals surface area contributed by atoms with Crippen LogP contribution in [0.5, 0.6) is 0 Å². The quantitative estimate of drug-likeness (QED) is 0.411. The van der Waals surface area contributed by atoms with Gasteiger partial charge in [0.05, 0.1) is 12.7 Å². The summed E-state index contributed by atoms with van der Waals surface area (Å²) in [5, 5.41) is 14.4. The Balaban J connectivity index is 1.51. The van der Waals surface area contributed by atoms with Gasteiger partial charge in [-0.05, 0) is 28.3 Å². The average Bonchev–Trinajstić information content (AvgIpc) is 3.38. The fourth-order valence-electron chi connectivity index (χ4n) is 3.80. The van der Waals surface area contributed by atoms with E-state index >= 15 is 0 Å². The summed E-state index contributed by atoms with van der Waals surface area (Å²) in [7, 11) is 0. The molecule has 3 aromatic heterocycles. The smallest absolute Gasteiger partial charge is 0.282 e. The van der Waals surface area contributed by atoms with Crippen LogP contribution < -0.4 is 11.3 Å². The molecule has 10 heteroatoms. The molecule has 164 valence electrons. The third kappa shape index (κ3) is 3.93. The molecule has 0 saturated heterocycles. The molecule has 0 bridgehead atoms. The Hall–Kier alpha value is -4.47. The third-order valence-corrected chi connectivity index (χ3v) is 5.36. The number of hydrogen-bond acceptors (Lipinski definition) is 8. The van der Waals surface area contributed by atoms with Gasteiger partial charge in [-0.1, -0.05) is 55.5 Å². The summed E-state index contributed by atoms with van der Waals surface area (Å²) >= 11 is 0. The van der Waals surface area contributed by atoms with Crippen LogP contribution in [0, 0.1) is 0 Å². The van der Waals surface area contributed by atoms with Crippen molar-refractivity contribution in [3.63, 3.8) is 0 Å². The number of nitrogens with two attached hydrogens (primary N) is 1. The number of nitrogens with one attached hydrogen (secondary N) is 1. The predicted molar refractivity (Wildman–Crippen MR) is 124 cm³/mol. The van der Waals surface area contributed by atoms with Gasteiger partial charge in [-0.2, -0.15) is 5.21 Å². The number of aromatic nitrogens is 8. The molecule has 2 aromatic carbocycles. The van der Waals surface area contributed by atoms with Gasteiger partial charge >= 0.3 is 0 Å². The van der Waals surface area contributed by atoms with Crippen molar-refractivity contribution < 1.29 is 0 Å². The summed E-state index contributed by atoms with van der Waals surface area (Å²) in [6.07, 6.45) is 2.93. The van der Waals surface area contributed by atoms with Crippen molar-refractivity contribution in [2.24, 2.45) is 0 Å². The number of hydrogen-bond donors (Lipinski definition) is 2. The van der Waals surface area contributed by atoms with Gasteiger partial charge < -0.3 is 5.73 Å². The van der Waals surface area contributed by atoms with Crippen LogP contribution in [-0.2, 0) is 13.0 Å². The van der Waals surface area contributed by atoms with Gasteiger partial charge in [-0.15, -0.1) is 10.2 Å². The molecule has 0 aliphatic heterocycles. The second kappa shape index (κ2) is 8.58. The van der Waals surface area contributed by atoms with Crippen molar-refractivity contribution in [1.82, 2.24) is 40.1 Å². The van der Waals surface area contributed by atoms with Gasteiger partial charge in [0.15, 0.2) is 11.2 Å². The van der Waals surface area contributed by atoms with Gasteiger partial charge in [0.2, 0.25) is 5.82 Å². The number of nitrogens with zero attached hydrogens (tertiary/aromatic N) is 7. The molecule has 0 amide bonds. The molecule has 5 rings (SSSR count). The van der Waals surface area contributed by atoms with Crippen LogP contribution in [0.25, 0.3) is 33.7 Å². The Bertz CT molecular complexity index is 1470. The fraction of sp³-hybridized carbons (Fsp3) is 0.174. The van der Waals surface area contributed by atoms with E-state index in [1.54, 1.807) is 4.57 Å². The first-order valence-corrected chi connectivity index (χ1v) is 10.6. The monoisotopic (exact) mass is 439 g/mol. The van der Waals surface area contributed by atoms with E-state index in [9.17, 15) is 4.79 Å². The molecule has 33 heavy (non-hydrogen) atoms. The number of rotatable bonds is 6. The predicted octanol–water partition coefficient (Wildman–Crippen LogP) is 2.62. The first-order chi connectivity index (χ1) is 16.1. The lowest BCUT2D eigenvalue weighted by Crippen LogP contribution is -2.27. The summed E-state index contributed by atoms with van der Waals surface area (Å²) in [5.74, 6) is 1.41. The molecule has 0 radical (unpaired) electrons. The van der Waals surface area contributed by atoms with Crippen LogP contribution in [0.4, 0.5) is 5.82 Å². The summed E-state index contributed by atoms with van der Waals surface area (Å²) in [6.45, 7) is 2.42. The molecule has 10 nitrogen and oxygen atoms in total. The van der Waals surface area contributed by atoms with E-state index in [-0.39, 0.29) is 16.9 Å². The number of H-pyrrole nitrogens is 1. The van der Waals surface area contributed by atoms with Crippen LogP contribution in [0.2, 0.25) is 0 Å². The van der Waals surface area contributed by atoms with Gasteiger partial charge in [-0.3, -0.25) is 9.36 Å². The molecule has 5 aromatic rings. The molecule has 0 spiro atoms. The standard InChI is InChI=1S/C23H21N9O/c1-2-5-19-27-22-20(26-18(24)12-25-22)23(33)32(19)13-14-8-10-15(11-9-14)16-6-3-4-7-17(16)21-28-30-31-29-21/h3-4,6-12H,2,5,13H2,1H3,(H2,24,26)(H,28,29,30,31). The summed E-state index contributed by atoms with van der Waals surface area (Å²) in [4.78, 5) is 26.1. The Morgan fingerprint density at radius 2 is 1.82 bits per heavy atom. The van der Waals surface area contributed by atoms with Crippen molar-refractivity contribution in [3.8, 4) is 22.5 Å². The number of tetrazole rings is 1. The summed E-state index contributed by atoms with van der Waals surface area (Å²) in [6, 6.07) is 15.9. The topological polar surface area (TPSA) is 141 Å². The number of fused-ring (bicyclic) bond motifs is 1. The Morgan fingerprint density at radius 3 is 2.55 bits per heavy atom. The molecule has 0 unspecified atom stereocenters. The van der Waals surface area contributed by atoms with Gasteiger partial charge in [0, 0.05) is 12.0 Å². The minimum absolute atomic E-state index is 0.181. The maximum atomic E-state index is 13.2. The van der Waals surface area contributed by atoms with Crippen LogP contribution in [0.3, 0.4) is 0 Å². The number of anilines is 1. The fourth-order valence-corrected chi connectivity index (χ4v) is 3.80. The summed E-state index contributed by atoms with van der Waals surface area (Å²) in [5.41, 5.74) is 9.86. The molecule has 0 aliphatic rings. The minimum atomic E-state index is -0.241. The zero-order valence-electron chi connectivity index (χ0n) is 17.9. The van der Waals surface area contributed by atoms with Crippen molar-refractivity contribution in [2.45, 2.75) is 26.3 Å². The highest BCUT2D eigenvalue weighted by atomic mass is 16.1. The van der Waals surface area contributed by atoms with Crippen LogP contribution in [-0.4, -0.2) is 40.1 Å². The van der Waals surface area contributed by atoms with Crippen molar-refractivity contribution in [1.29, 1.82) is 0 Å². The van der Waals surface area contributed by atoms with Crippen LogP contribution >= 0.6 is 0 Å². The van der Waals surface area contributed by atoms with E-state index in [2.05, 4.69) is 35.6 Å². The van der Waals surface area contributed by atoms with E-state index < -0.39 is 0 Å². The number of aryl methyl sites for hydroxylation is 1. The van der Waals surface area contributed by atoms with E-state index in [1.165, 1.54) is 6.20 Å². The van der Waals surface area contributed by atoms with Crippen molar-refractivity contribution >= 4 is 17.0 Å². The number of aromatic amines is 1. The second-order valence-electron chi connectivity index (χ2n) is 7.61. The molecule has 0 aliphatic carbocycles. The lowest BCUT2D eigenvalue weighted by Gasteiger charge is -2.13. The Labute approximate surface area is 188 Å². The van der Waals surface area contributed by atoms with Crippen molar-refractivity contribution in [3.05, 3.63) is 76.5 Å². The highest BCUT2D eigenvalue weighted by Crippen LogP contribution is 2.29. The highest BCUT2D eigenvalue weighted by Gasteiger charge is 2.14. The molecular weight excluding hydrogens is 418 g/mol. The van der Waals surface area contributed by atoms with Gasteiger partial charge in [-0.25, -0.2) is 15.0 Å². The van der Waals surface area contributed by atoms with E-state index in [4.69, 9.17) is 5.73 Å².